The van der Waals surface area contributed by atoms with Gasteiger partial charge in [0.05, 0.1) is 34.8 Å². The number of rotatable bonds is 7. The van der Waals surface area contributed by atoms with E-state index in [2.05, 4.69) is 37.4 Å². The number of nitrogens with one attached hydrogen (secondary N) is 3. The average Bonchev–Trinajstić information content (AvgIpc) is 3.55. The molecule has 0 saturated heterocycles. The molecule has 0 unspecified atom stereocenters. The zero-order valence-corrected chi connectivity index (χ0v) is 21.1. The smallest absolute Gasteiger partial charge is 0.224 e. The van der Waals surface area contributed by atoms with Crippen LogP contribution < -0.4 is 5.32 Å². The third kappa shape index (κ3) is 4.82. The van der Waals surface area contributed by atoms with Crippen molar-refractivity contribution in [3.63, 3.8) is 0 Å². The van der Waals surface area contributed by atoms with Crippen LogP contribution in [0.5, 0.6) is 5.75 Å². The van der Waals surface area contributed by atoms with Crippen LogP contribution in [0.25, 0.3) is 55.4 Å². The van der Waals surface area contributed by atoms with Gasteiger partial charge < -0.3 is 15.4 Å². The highest BCUT2D eigenvalue weighted by Crippen LogP contribution is 2.36. The maximum atomic E-state index is 14.0. The standard InChI is InChI=1S/C30H25FN6O2/c1-2-3-4-29(39)34-21-8-19(13-32-14-21)17-5-6-26-24(10-17)30(37-36-26)27-12-23-25(15-33-16-28(23)35-27)18-7-20(31)11-22(38)9-18/h5-16,35,38H,2-4H2,1H3,(H,34,39)(H,36,37). The number of hydrogen-bond donors (Lipinski definition) is 4. The van der Waals surface area contributed by atoms with E-state index in [1.54, 1.807) is 24.8 Å². The van der Waals surface area contributed by atoms with Crippen LogP contribution in [-0.2, 0) is 4.79 Å². The Kier molecular flexibility index (Phi) is 6.24. The topological polar surface area (TPSA) is 120 Å². The van der Waals surface area contributed by atoms with Crippen molar-refractivity contribution in [3.8, 4) is 39.4 Å². The summed E-state index contributed by atoms with van der Waals surface area (Å²) < 4.78 is 14.0. The van der Waals surface area contributed by atoms with Crippen LogP contribution in [0.1, 0.15) is 26.2 Å². The number of phenolic OH excluding ortho intramolecular Hbond substituents is 1. The molecule has 0 spiro atoms. The number of carbonyl (C=O) groups is 1. The van der Waals surface area contributed by atoms with E-state index in [4.69, 9.17) is 0 Å². The summed E-state index contributed by atoms with van der Waals surface area (Å²) in [5.41, 5.74) is 6.76. The van der Waals surface area contributed by atoms with Gasteiger partial charge in [-0.2, -0.15) is 5.10 Å². The number of phenols is 1. The number of anilines is 1. The van der Waals surface area contributed by atoms with Gasteiger partial charge in [0.25, 0.3) is 0 Å². The average molecular weight is 521 g/mol. The Hall–Kier alpha value is -5.05. The summed E-state index contributed by atoms with van der Waals surface area (Å²) in [5, 5.41) is 22.2. The van der Waals surface area contributed by atoms with Crippen LogP contribution >= 0.6 is 0 Å². The van der Waals surface area contributed by atoms with E-state index in [-0.39, 0.29) is 11.7 Å². The molecule has 0 bridgehead atoms. The predicted octanol–water partition coefficient (Wildman–Crippen LogP) is 6.81. The number of aromatic hydroxyl groups is 1. The number of carbonyl (C=O) groups excluding carboxylic acids is 1. The van der Waals surface area contributed by atoms with Crippen molar-refractivity contribution in [2.75, 3.05) is 5.32 Å². The van der Waals surface area contributed by atoms with E-state index in [1.165, 1.54) is 12.1 Å². The van der Waals surface area contributed by atoms with Crippen LogP contribution in [0.15, 0.2) is 73.3 Å². The summed E-state index contributed by atoms with van der Waals surface area (Å²) >= 11 is 0. The number of H-pyrrole nitrogens is 2. The largest absolute Gasteiger partial charge is 0.508 e. The highest BCUT2D eigenvalue weighted by Gasteiger charge is 2.16. The van der Waals surface area contributed by atoms with Crippen molar-refractivity contribution < 1.29 is 14.3 Å². The van der Waals surface area contributed by atoms with Crippen molar-refractivity contribution in [2.24, 2.45) is 0 Å². The fourth-order valence-corrected chi connectivity index (χ4v) is 4.76. The van der Waals surface area contributed by atoms with Gasteiger partial charge in [-0.1, -0.05) is 19.4 Å². The molecule has 0 aliphatic heterocycles. The van der Waals surface area contributed by atoms with Gasteiger partial charge in [-0.25, -0.2) is 4.39 Å². The van der Waals surface area contributed by atoms with E-state index < -0.39 is 5.82 Å². The van der Waals surface area contributed by atoms with Crippen molar-refractivity contribution in [3.05, 3.63) is 79.1 Å². The number of hydrogen-bond acceptors (Lipinski definition) is 5. The summed E-state index contributed by atoms with van der Waals surface area (Å²) in [6, 6.07) is 13.8. The Bertz CT molecular complexity index is 1820. The van der Waals surface area contributed by atoms with E-state index >= 15 is 0 Å². The van der Waals surface area contributed by atoms with Gasteiger partial charge in [0.1, 0.15) is 17.3 Å². The third-order valence-electron chi connectivity index (χ3n) is 6.67. The molecule has 0 fully saturated rings. The molecule has 39 heavy (non-hydrogen) atoms. The molecule has 0 aliphatic carbocycles. The number of amides is 1. The monoisotopic (exact) mass is 520 g/mol. The first-order valence-corrected chi connectivity index (χ1v) is 12.7. The fraction of sp³-hybridized carbons (Fsp3) is 0.133. The van der Waals surface area contributed by atoms with Gasteiger partial charge in [0.15, 0.2) is 0 Å². The minimum Gasteiger partial charge on any atom is -0.508 e. The van der Waals surface area contributed by atoms with E-state index in [9.17, 15) is 14.3 Å². The molecule has 9 heteroatoms. The Labute approximate surface area is 223 Å². The second-order valence-electron chi connectivity index (χ2n) is 9.48. The zero-order valence-electron chi connectivity index (χ0n) is 21.1. The maximum absolute atomic E-state index is 14.0. The van der Waals surface area contributed by atoms with Crippen molar-refractivity contribution in [1.29, 1.82) is 0 Å². The van der Waals surface area contributed by atoms with Crippen molar-refractivity contribution in [1.82, 2.24) is 25.1 Å². The van der Waals surface area contributed by atoms with Gasteiger partial charge in [0, 0.05) is 46.8 Å². The van der Waals surface area contributed by atoms with Crippen LogP contribution in [0.3, 0.4) is 0 Å². The van der Waals surface area contributed by atoms with Crippen LogP contribution in [0, 0.1) is 5.82 Å². The summed E-state index contributed by atoms with van der Waals surface area (Å²) in [6.07, 6.45) is 9.04. The van der Waals surface area contributed by atoms with Gasteiger partial charge in [0.2, 0.25) is 5.91 Å². The predicted molar refractivity (Wildman–Crippen MR) is 150 cm³/mol. The van der Waals surface area contributed by atoms with Crippen LogP contribution in [-0.4, -0.2) is 36.2 Å². The molecular weight excluding hydrogens is 495 g/mol. The summed E-state index contributed by atoms with van der Waals surface area (Å²) in [7, 11) is 0. The molecule has 4 aromatic heterocycles. The molecule has 2 aromatic carbocycles. The lowest BCUT2D eigenvalue weighted by atomic mass is 10.0. The van der Waals surface area contributed by atoms with Gasteiger partial charge in [-0.15, -0.1) is 0 Å². The Morgan fingerprint density at radius 1 is 0.923 bits per heavy atom. The highest BCUT2D eigenvalue weighted by molar-refractivity contribution is 6.01. The van der Waals surface area contributed by atoms with Crippen LogP contribution in [0.4, 0.5) is 10.1 Å². The number of aromatic amines is 2. The molecule has 1 amide bonds. The first-order valence-electron chi connectivity index (χ1n) is 12.7. The molecule has 194 valence electrons. The number of halogens is 1. The molecule has 4 heterocycles. The Morgan fingerprint density at radius 3 is 2.64 bits per heavy atom. The molecule has 0 aliphatic rings. The Morgan fingerprint density at radius 2 is 1.79 bits per heavy atom. The second kappa shape index (κ2) is 10.0. The van der Waals surface area contributed by atoms with E-state index in [0.717, 1.165) is 57.5 Å². The summed E-state index contributed by atoms with van der Waals surface area (Å²) in [4.78, 5) is 24.2. The minimum atomic E-state index is -0.525. The van der Waals surface area contributed by atoms with Gasteiger partial charge >= 0.3 is 0 Å². The zero-order chi connectivity index (χ0) is 26.9. The van der Waals surface area contributed by atoms with E-state index in [0.29, 0.717) is 28.9 Å². The fourth-order valence-electron chi connectivity index (χ4n) is 4.76. The minimum absolute atomic E-state index is 0.0236. The molecule has 0 atom stereocenters. The van der Waals surface area contributed by atoms with Crippen LogP contribution in [0.2, 0.25) is 0 Å². The second-order valence-corrected chi connectivity index (χ2v) is 9.48. The number of fused-ring (bicyclic) bond motifs is 2. The summed E-state index contributed by atoms with van der Waals surface area (Å²) in [6.45, 7) is 2.05. The molecule has 8 nitrogen and oxygen atoms in total. The molecule has 0 radical (unpaired) electrons. The number of pyridine rings is 2. The van der Waals surface area contributed by atoms with E-state index in [1.807, 2.05) is 30.3 Å². The quantitative estimate of drug-likeness (QED) is 0.184. The lowest BCUT2D eigenvalue weighted by molar-refractivity contribution is -0.116. The molecule has 6 rings (SSSR count). The van der Waals surface area contributed by atoms with Gasteiger partial charge in [-0.3, -0.25) is 19.9 Å². The lowest BCUT2D eigenvalue weighted by Gasteiger charge is -2.07. The number of unbranched alkanes of at least 4 members (excludes halogenated alkanes) is 1. The van der Waals surface area contributed by atoms with Crippen molar-refractivity contribution in [2.45, 2.75) is 26.2 Å². The lowest BCUT2D eigenvalue weighted by Crippen LogP contribution is -2.11. The number of aromatic nitrogens is 5. The summed E-state index contributed by atoms with van der Waals surface area (Å²) in [5.74, 6) is -0.699. The normalized spacial score (nSPS) is 11.3. The van der Waals surface area contributed by atoms with Crippen molar-refractivity contribution >= 4 is 33.4 Å². The molecule has 6 aromatic rings. The third-order valence-corrected chi connectivity index (χ3v) is 6.67. The SMILES string of the molecule is CCCCC(=O)Nc1cncc(-c2ccc3[nH]nc(-c4cc5c(-c6cc(O)cc(F)c6)cncc5[nH]4)c3c2)c1. The molecule has 0 saturated carbocycles. The first-order chi connectivity index (χ1) is 19.0. The number of nitrogens with zero attached hydrogens (tertiary/aromatic N) is 3. The number of benzene rings is 2. The molecular formula is C30H25FN6O2. The molecule has 4 N–H and O–H groups in total. The Balaban J connectivity index is 1.38. The van der Waals surface area contributed by atoms with Gasteiger partial charge in [-0.05, 0) is 53.9 Å². The highest BCUT2D eigenvalue weighted by atomic mass is 19.1. The maximum Gasteiger partial charge on any atom is 0.224 e. The first kappa shape index (κ1) is 24.3.